The first kappa shape index (κ1) is 9.93. The third kappa shape index (κ3) is 1.53. The molecule has 0 aliphatic carbocycles. The highest BCUT2D eigenvalue weighted by Crippen LogP contribution is 2.39. The summed E-state index contributed by atoms with van der Waals surface area (Å²) in [5.41, 5.74) is -0.0935. The zero-order valence-corrected chi connectivity index (χ0v) is 8.87. The average molecular weight is 199 g/mol. The van der Waals surface area contributed by atoms with E-state index in [1.54, 1.807) is 0 Å². The van der Waals surface area contributed by atoms with Crippen molar-refractivity contribution in [1.29, 1.82) is 0 Å². The molecule has 0 aromatic carbocycles. The van der Waals surface area contributed by atoms with Crippen LogP contribution in [0.2, 0.25) is 0 Å². The number of hydrogen-bond donors (Lipinski definition) is 1. The summed E-state index contributed by atoms with van der Waals surface area (Å²) in [6.07, 6.45) is 1.10. The van der Waals surface area contributed by atoms with Crippen molar-refractivity contribution in [2.45, 2.75) is 38.0 Å². The van der Waals surface area contributed by atoms with Crippen LogP contribution in [0.25, 0.3) is 0 Å². The fourth-order valence-electron chi connectivity index (χ4n) is 2.55. The van der Waals surface area contributed by atoms with Crippen LogP contribution >= 0.6 is 0 Å². The minimum absolute atomic E-state index is 0.0935. The van der Waals surface area contributed by atoms with Crippen molar-refractivity contribution in [1.82, 2.24) is 5.32 Å². The van der Waals surface area contributed by atoms with Crippen LogP contribution in [0.15, 0.2) is 0 Å². The molecule has 0 saturated carbocycles. The molecule has 0 spiro atoms. The normalized spacial score (nSPS) is 39.5. The molecule has 2 aliphatic rings. The third-order valence-electron chi connectivity index (χ3n) is 3.10. The summed E-state index contributed by atoms with van der Waals surface area (Å²) in [5.74, 6) is 0.108. The third-order valence-corrected chi connectivity index (χ3v) is 3.10. The van der Waals surface area contributed by atoms with E-state index in [1.807, 2.05) is 0 Å². The largest absolute Gasteiger partial charge is 0.468 e. The van der Waals surface area contributed by atoms with Gasteiger partial charge in [0.25, 0.3) is 0 Å². The molecule has 0 aromatic heterocycles. The maximum Gasteiger partial charge on any atom is 0.323 e. The Morgan fingerprint density at radius 1 is 1.57 bits per heavy atom. The number of carbonyl (C=O) groups is 1. The van der Waals surface area contributed by atoms with Gasteiger partial charge < -0.3 is 14.8 Å². The van der Waals surface area contributed by atoms with E-state index in [0.717, 1.165) is 13.0 Å². The molecule has 80 valence electrons. The average Bonchev–Trinajstić information content (AvgIpc) is 2.58. The van der Waals surface area contributed by atoms with Gasteiger partial charge in [0.1, 0.15) is 6.04 Å². The summed E-state index contributed by atoms with van der Waals surface area (Å²) in [5, 5.41) is 3.15. The van der Waals surface area contributed by atoms with Gasteiger partial charge in [0.05, 0.1) is 18.8 Å². The zero-order chi connectivity index (χ0) is 10.3. The lowest BCUT2D eigenvalue weighted by Crippen LogP contribution is -2.38. The highest BCUT2D eigenvalue weighted by molar-refractivity contribution is 5.76. The molecule has 2 saturated heterocycles. The van der Waals surface area contributed by atoms with Gasteiger partial charge in [0, 0.05) is 12.5 Å². The Labute approximate surface area is 84.0 Å². The van der Waals surface area contributed by atoms with Gasteiger partial charge in [-0.1, -0.05) is 0 Å². The molecule has 2 fully saturated rings. The number of ether oxygens (including phenoxy) is 2. The Hall–Kier alpha value is -0.610. The molecule has 2 rings (SSSR count). The van der Waals surface area contributed by atoms with Gasteiger partial charge in [-0.2, -0.15) is 0 Å². The van der Waals surface area contributed by atoms with Crippen molar-refractivity contribution < 1.29 is 14.3 Å². The fourth-order valence-corrected chi connectivity index (χ4v) is 2.55. The van der Waals surface area contributed by atoms with Gasteiger partial charge in [-0.25, -0.2) is 0 Å². The molecule has 4 nitrogen and oxygen atoms in total. The predicted octanol–water partition coefficient (Wildman–Crippen LogP) is 0.315. The smallest absolute Gasteiger partial charge is 0.323 e. The van der Waals surface area contributed by atoms with Gasteiger partial charge in [-0.05, 0) is 20.3 Å². The highest BCUT2D eigenvalue weighted by Gasteiger charge is 2.50. The molecule has 1 unspecified atom stereocenters. The second kappa shape index (κ2) is 3.21. The van der Waals surface area contributed by atoms with Gasteiger partial charge in [0.15, 0.2) is 0 Å². The van der Waals surface area contributed by atoms with Gasteiger partial charge in [0.2, 0.25) is 0 Å². The van der Waals surface area contributed by atoms with Gasteiger partial charge in [-0.15, -0.1) is 0 Å². The highest BCUT2D eigenvalue weighted by atomic mass is 16.5. The molecule has 1 N–H and O–H groups in total. The standard InChI is InChI=1S/C10H17NO3/c1-10(2)4-6-7(14-10)5-11-8(6)9(12)13-3/h6-8,11H,4-5H2,1-3H3/t6-,7?,8-/m0/s1. The lowest BCUT2D eigenvalue weighted by atomic mass is 9.91. The molecule has 0 bridgehead atoms. The van der Waals surface area contributed by atoms with Gasteiger partial charge >= 0.3 is 5.97 Å². The minimum Gasteiger partial charge on any atom is -0.468 e. The van der Waals surface area contributed by atoms with Crippen LogP contribution in [0.4, 0.5) is 0 Å². The number of methoxy groups -OCH3 is 1. The van der Waals surface area contributed by atoms with E-state index < -0.39 is 0 Å². The van der Waals surface area contributed by atoms with Crippen molar-refractivity contribution in [2.75, 3.05) is 13.7 Å². The number of rotatable bonds is 1. The summed E-state index contributed by atoms with van der Waals surface area (Å²) in [4.78, 5) is 11.4. The van der Waals surface area contributed by atoms with E-state index >= 15 is 0 Å². The van der Waals surface area contributed by atoms with Crippen molar-refractivity contribution in [3.05, 3.63) is 0 Å². The fraction of sp³-hybridized carbons (Fsp3) is 0.900. The number of carbonyl (C=O) groups excluding carboxylic acids is 1. The van der Waals surface area contributed by atoms with E-state index in [0.29, 0.717) is 0 Å². The predicted molar refractivity (Wildman–Crippen MR) is 50.9 cm³/mol. The Kier molecular flexibility index (Phi) is 2.27. The maximum atomic E-state index is 11.4. The molecule has 2 heterocycles. The van der Waals surface area contributed by atoms with Crippen molar-refractivity contribution in [3.63, 3.8) is 0 Å². The molecule has 0 amide bonds. The molecule has 14 heavy (non-hydrogen) atoms. The quantitative estimate of drug-likeness (QED) is 0.618. The second-order valence-corrected chi connectivity index (χ2v) is 4.69. The molecule has 2 aliphatic heterocycles. The Balaban J connectivity index is 2.08. The Morgan fingerprint density at radius 3 is 2.93 bits per heavy atom. The van der Waals surface area contributed by atoms with Crippen LogP contribution in [0, 0.1) is 5.92 Å². The molecule has 0 aromatic rings. The Bertz CT molecular complexity index is 252. The number of hydrogen-bond acceptors (Lipinski definition) is 4. The summed E-state index contributed by atoms with van der Waals surface area (Å²) < 4.78 is 10.6. The van der Waals surface area contributed by atoms with E-state index in [4.69, 9.17) is 9.47 Å². The van der Waals surface area contributed by atoms with Crippen molar-refractivity contribution in [3.8, 4) is 0 Å². The molecule has 3 atom stereocenters. The second-order valence-electron chi connectivity index (χ2n) is 4.69. The van der Waals surface area contributed by atoms with Crippen molar-refractivity contribution >= 4 is 5.97 Å². The molecular weight excluding hydrogens is 182 g/mol. The van der Waals surface area contributed by atoms with Gasteiger partial charge in [-0.3, -0.25) is 4.79 Å². The number of nitrogens with one attached hydrogen (secondary N) is 1. The topological polar surface area (TPSA) is 47.6 Å². The summed E-state index contributed by atoms with van der Waals surface area (Å²) in [7, 11) is 1.43. The van der Waals surface area contributed by atoms with Crippen LogP contribution in [0.5, 0.6) is 0 Å². The number of fused-ring (bicyclic) bond motifs is 1. The van der Waals surface area contributed by atoms with Crippen LogP contribution in [0.1, 0.15) is 20.3 Å². The van der Waals surface area contributed by atoms with E-state index in [1.165, 1.54) is 7.11 Å². The first-order valence-corrected chi connectivity index (χ1v) is 5.02. The molecule has 4 heteroatoms. The van der Waals surface area contributed by atoms with Crippen LogP contribution < -0.4 is 5.32 Å². The van der Waals surface area contributed by atoms with Crippen LogP contribution in [-0.4, -0.2) is 37.4 Å². The first-order chi connectivity index (χ1) is 6.53. The SMILES string of the molecule is COC(=O)[C@H]1NCC2OC(C)(C)C[C@@H]21. The van der Waals surface area contributed by atoms with Crippen LogP contribution in [-0.2, 0) is 14.3 Å². The summed E-state index contributed by atoms with van der Waals surface area (Å²) in [6.45, 7) is 4.90. The monoisotopic (exact) mass is 199 g/mol. The summed E-state index contributed by atoms with van der Waals surface area (Å²) >= 11 is 0. The maximum absolute atomic E-state index is 11.4. The minimum atomic E-state index is -0.174. The number of esters is 1. The Morgan fingerprint density at radius 2 is 2.29 bits per heavy atom. The molecule has 0 radical (unpaired) electrons. The zero-order valence-electron chi connectivity index (χ0n) is 8.87. The molecular formula is C10H17NO3. The van der Waals surface area contributed by atoms with E-state index in [9.17, 15) is 4.79 Å². The van der Waals surface area contributed by atoms with Crippen molar-refractivity contribution in [2.24, 2.45) is 5.92 Å². The summed E-state index contributed by atoms with van der Waals surface area (Å²) in [6, 6.07) is -0.174. The lowest BCUT2D eigenvalue weighted by molar-refractivity contribution is -0.143. The first-order valence-electron chi connectivity index (χ1n) is 5.02. The van der Waals surface area contributed by atoms with E-state index in [-0.39, 0.29) is 29.6 Å². The van der Waals surface area contributed by atoms with Crippen LogP contribution in [0.3, 0.4) is 0 Å². The van der Waals surface area contributed by atoms with E-state index in [2.05, 4.69) is 19.2 Å². The lowest BCUT2D eigenvalue weighted by Gasteiger charge is -2.20.